The number of esters is 1. The standard InChI is InChI=1S/C26H40N2O5/c1-10-33-25(31)18(4)16-20(17(2)3)28(8)24(30)22(26(5,6)7)27-23(29)21(32-9)19-14-12-11-13-15-19/h11-17,20-22H,10H2,1-9H3,(H,27,29)/b18-16+/t20-,21?,22?/m1/s1. The zero-order valence-electron chi connectivity index (χ0n) is 21.5. The van der Waals surface area contributed by atoms with Gasteiger partial charge in [-0.25, -0.2) is 4.79 Å². The Morgan fingerprint density at radius 1 is 1.12 bits per heavy atom. The van der Waals surface area contributed by atoms with Gasteiger partial charge in [0.2, 0.25) is 5.91 Å². The molecule has 1 aromatic carbocycles. The molecule has 1 aromatic rings. The van der Waals surface area contributed by atoms with Gasteiger partial charge in [0.15, 0.2) is 6.10 Å². The van der Waals surface area contributed by atoms with Crippen LogP contribution < -0.4 is 5.32 Å². The highest BCUT2D eigenvalue weighted by Gasteiger charge is 2.38. The van der Waals surface area contributed by atoms with Crippen molar-refractivity contribution in [1.29, 1.82) is 0 Å². The molecule has 2 amide bonds. The second-order valence-electron chi connectivity index (χ2n) is 9.59. The van der Waals surface area contributed by atoms with E-state index in [0.29, 0.717) is 11.1 Å². The smallest absolute Gasteiger partial charge is 0.333 e. The summed E-state index contributed by atoms with van der Waals surface area (Å²) in [5.74, 6) is -0.999. The first-order valence-electron chi connectivity index (χ1n) is 11.3. The van der Waals surface area contributed by atoms with Gasteiger partial charge in [0.05, 0.1) is 12.6 Å². The minimum Gasteiger partial charge on any atom is -0.463 e. The lowest BCUT2D eigenvalue weighted by atomic mass is 9.84. The summed E-state index contributed by atoms with van der Waals surface area (Å²) in [6.45, 7) is 13.4. The minimum atomic E-state index is -0.832. The van der Waals surface area contributed by atoms with Crippen molar-refractivity contribution in [3.05, 3.63) is 47.5 Å². The van der Waals surface area contributed by atoms with E-state index in [1.165, 1.54) is 7.11 Å². The summed E-state index contributed by atoms with van der Waals surface area (Å²) >= 11 is 0. The van der Waals surface area contributed by atoms with Gasteiger partial charge in [0, 0.05) is 19.7 Å². The molecule has 0 aliphatic heterocycles. The van der Waals surface area contributed by atoms with E-state index in [4.69, 9.17) is 9.47 Å². The SMILES string of the molecule is CCOC(=O)/C(C)=C/[C@H](C(C)C)N(C)C(=O)C(NC(=O)C(OC)c1ccccc1)C(C)(C)C. The van der Waals surface area contributed by atoms with Crippen LogP contribution in [0.3, 0.4) is 0 Å². The van der Waals surface area contributed by atoms with Crippen molar-refractivity contribution in [2.75, 3.05) is 20.8 Å². The van der Waals surface area contributed by atoms with E-state index in [1.54, 1.807) is 31.9 Å². The van der Waals surface area contributed by atoms with Gasteiger partial charge in [-0.2, -0.15) is 0 Å². The third-order valence-electron chi connectivity index (χ3n) is 5.47. The quantitative estimate of drug-likeness (QED) is 0.423. The van der Waals surface area contributed by atoms with Crippen molar-refractivity contribution in [2.45, 2.75) is 66.7 Å². The summed E-state index contributed by atoms with van der Waals surface area (Å²) < 4.78 is 10.5. The lowest BCUT2D eigenvalue weighted by Gasteiger charge is -2.38. The Morgan fingerprint density at radius 3 is 2.15 bits per heavy atom. The first-order valence-corrected chi connectivity index (χ1v) is 11.3. The van der Waals surface area contributed by atoms with Crippen molar-refractivity contribution >= 4 is 17.8 Å². The van der Waals surface area contributed by atoms with Gasteiger partial charge in [0.1, 0.15) is 6.04 Å². The van der Waals surface area contributed by atoms with Crippen LogP contribution >= 0.6 is 0 Å². The van der Waals surface area contributed by atoms with Crippen molar-refractivity contribution in [3.8, 4) is 0 Å². The number of hydrogen-bond donors (Lipinski definition) is 1. The predicted octanol–water partition coefficient (Wildman–Crippen LogP) is 3.90. The number of methoxy groups -OCH3 is 1. The van der Waals surface area contributed by atoms with Crippen molar-refractivity contribution in [2.24, 2.45) is 11.3 Å². The number of nitrogens with one attached hydrogen (secondary N) is 1. The fourth-order valence-electron chi connectivity index (χ4n) is 3.56. The monoisotopic (exact) mass is 460 g/mol. The molecule has 0 aliphatic carbocycles. The molecule has 0 radical (unpaired) electrons. The summed E-state index contributed by atoms with van der Waals surface area (Å²) in [5.41, 5.74) is 0.589. The molecule has 0 saturated carbocycles. The molecule has 0 spiro atoms. The lowest BCUT2D eigenvalue weighted by Crippen LogP contribution is -2.57. The van der Waals surface area contributed by atoms with Crippen LogP contribution in [0.15, 0.2) is 42.0 Å². The summed E-state index contributed by atoms with van der Waals surface area (Å²) in [4.78, 5) is 40.4. The van der Waals surface area contributed by atoms with E-state index in [2.05, 4.69) is 5.32 Å². The zero-order valence-corrected chi connectivity index (χ0v) is 21.5. The largest absolute Gasteiger partial charge is 0.463 e. The number of ether oxygens (including phenoxy) is 2. The van der Waals surface area contributed by atoms with Crippen LogP contribution in [0.1, 0.15) is 60.1 Å². The molecule has 0 fully saturated rings. The maximum Gasteiger partial charge on any atom is 0.333 e. The molecule has 0 aliphatic rings. The predicted molar refractivity (Wildman–Crippen MR) is 129 cm³/mol. The molecular formula is C26H40N2O5. The molecule has 2 unspecified atom stereocenters. The van der Waals surface area contributed by atoms with E-state index >= 15 is 0 Å². The Labute approximate surface area is 198 Å². The highest BCUT2D eigenvalue weighted by Crippen LogP contribution is 2.25. The Balaban J connectivity index is 3.20. The Hall–Kier alpha value is -2.67. The Kier molecular flexibility index (Phi) is 10.8. The van der Waals surface area contributed by atoms with Gasteiger partial charge in [-0.3, -0.25) is 9.59 Å². The van der Waals surface area contributed by atoms with Crippen LogP contribution in [0.5, 0.6) is 0 Å². The molecule has 1 N–H and O–H groups in total. The van der Waals surface area contributed by atoms with Crippen LogP contribution in [0.2, 0.25) is 0 Å². The number of hydrogen-bond acceptors (Lipinski definition) is 5. The van der Waals surface area contributed by atoms with Gasteiger partial charge < -0.3 is 19.7 Å². The third-order valence-corrected chi connectivity index (χ3v) is 5.47. The number of amides is 2. The van der Waals surface area contributed by atoms with Crippen molar-refractivity contribution < 1.29 is 23.9 Å². The van der Waals surface area contributed by atoms with E-state index in [1.807, 2.05) is 65.0 Å². The number of likely N-dealkylation sites (N-methyl/N-ethyl adjacent to an activating group) is 1. The van der Waals surface area contributed by atoms with Gasteiger partial charge in [-0.15, -0.1) is 0 Å². The normalized spacial score (nSPS) is 14.9. The summed E-state index contributed by atoms with van der Waals surface area (Å²) in [6, 6.07) is 8.00. The average Bonchev–Trinajstić information content (AvgIpc) is 2.75. The number of carbonyl (C=O) groups excluding carboxylic acids is 3. The first kappa shape index (κ1) is 28.4. The van der Waals surface area contributed by atoms with Gasteiger partial charge >= 0.3 is 5.97 Å². The average molecular weight is 461 g/mol. The summed E-state index contributed by atoms with van der Waals surface area (Å²) in [6.07, 6.45) is 0.922. The summed E-state index contributed by atoms with van der Waals surface area (Å²) in [7, 11) is 3.16. The molecule has 1 rings (SSSR count). The van der Waals surface area contributed by atoms with E-state index < -0.39 is 23.5 Å². The first-order chi connectivity index (χ1) is 15.3. The van der Waals surface area contributed by atoms with Crippen LogP contribution in [0, 0.1) is 11.3 Å². The molecule has 0 bridgehead atoms. The van der Waals surface area contributed by atoms with Gasteiger partial charge in [-0.1, -0.05) is 71.0 Å². The van der Waals surface area contributed by atoms with E-state index in [-0.39, 0.29) is 30.4 Å². The number of nitrogens with zero attached hydrogens (tertiary/aromatic N) is 1. The maximum atomic E-state index is 13.6. The topological polar surface area (TPSA) is 84.9 Å². The van der Waals surface area contributed by atoms with Crippen LogP contribution in [0.4, 0.5) is 0 Å². The van der Waals surface area contributed by atoms with Gasteiger partial charge in [-0.05, 0) is 30.7 Å². The second kappa shape index (κ2) is 12.5. The van der Waals surface area contributed by atoms with Crippen LogP contribution in [-0.2, 0) is 23.9 Å². The molecular weight excluding hydrogens is 420 g/mol. The van der Waals surface area contributed by atoms with Crippen LogP contribution in [-0.4, -0.2) is 55.5 Å². The number of carbonyl (C=O) groups is 3. The fraction of sp³-hybridized carbons (Fsp3) is 0.577. The van der Waals surface area contributed by atoms with Crippen molar-refractivity contribution in [1.82, 2.24) is 10.2 Å². The number of benzene rings is 1. The minimum absolute atomic E-state index is 0.0377. The third kappa shape index (κ3) is 8.00. The summed E-state index contributed by atoms with van der Waals surface area (Å²) in [5, 5.41) is 2.91. The number of rotatable bonds is 10. The molecule has 0 aromatic heterocycles. The highest BCUT2D eigenvalue weighted by molar-refractivity contribution is 5.91. The Bertz CT molecular complexity index is 827. The van der Waals surface area contributed by atoms with Crippen LogP contribution in [0.25, 0.3) is 0 Å². The molecule has 0 saturated heterocycles. The molecule has 33 heavy (non-hydrogen) atoms. The Morgan fingerprint density at radius 2 is 1.70 bits per heavy atom. The van der Waals surface area contributed by atoms with E-state index in [0.717, 1.165) is 0 Å². The molecule has 3 atom stereocenters. The zero-order chi connectivity index (χ0) is 25.3. The molecule has 0 heterocycles. The second-order valence-corrected chi connectivity index (χ2v) is 9.59. The fourth-order valence-corrected chi connectivity index (χ4v) is 3.56. The molecule has 7 nitrogen and oxygen atoms in total. The van der Waals surface area contributed by atoms with E-state index in [9.17, 15) is 14.4 Å². The van der Waals surface area contributed by atoms with Crippen molar-refractivity contribution in [3.63, 3.8) is 0 Å². The molecule has 184 valence electrons. The molecule has 7 heteroatoms. The lowest BCUT2D eigenvalue weighted by molar-refractivity contribution is -0.143. The van der Waals surface area contributed by atoms with Gasteiger partial charge in [0.25, 0.3) is 5.91 Å². The maximum absolute atomic E-state index is 13.6. The highest BCUT2D eigenvalue weighted by atomic mass is 16.5.